The Morgan fingerprint density at radius 2 is 1.81 bits per heavy atom. The van der Waals surface area contributed by atoms with Crippen molar-refractivity contribution in [1.82, 2.24) is 10.2 Å². The van der Waals surface area contributed by atoms with E-state index < -0.39 is 0 Å². The molecule has 2 atom stereocenters. The second-order valence-electron chi connectivity index (χ2n) is 10.5. The van der Waals surface area contributed by atoms with Crippen LogP contribution in [0.5, 0.6) is 5.75 Å². The van der Waals surface area contributed by atoms with Crippen LogP contribution in [0.4, 0.5) is 0 Å². The van der Waals surface area contributed by atoms with E-state index >= 15 is 0 Å². The SMILES string of the molecule is COc1ccccc1CC(=O)N1CCC(NC(=O)C23CC4CC(CC(Br)(C4)C2)C3)CC1. The molecule has 6 rings (SSSR count). The monoisotopic (exact) mass is 488 g/mol. The van der Waals surface area contributed by atoms with Gasteiger partial charge < -0.3 is 15.0 Å². The number of carbonyl (C=O) groups excluding carboxylic acids is 2. The van der Waals surface area contributed by atoms with Crippen LogP contribution < -0.4 is 10.1 Å². The summed E-state index contributed by atoms with van der Waals surface area (Å²) in [6.07, 6.45) is 8.97. The van der Waals surface area contributed by atoms with Crippen molar-refractivity contribution in [3.63, 3.8) is 0 Å². The number of nitrogens with one attached hydrogen (secondary N) is 1. The van der Waals surface area contributed by atoms with E-state index in [4.69, 9.17) is 4.74 Å². The van der Waals surface area contributed by atoms with Gasteiger partial charge in [0.15, 0.2) is 0 Å². The average molecular weight is 489 g/mol. The van der Waals surface area contributed by atoms with Gasteiger partial charge in [-0.3, -0.25) is 9.59 Å². The zero-order valence-corrected chi connectivity index (χ0v) is 20.0. The number of methoxy groups -OCH3 is 1. The first-order valence-corrected chi connectivity index (χ1v) is 12.6. The summed E-state index contributed by atoms with van der Waals surface area (Å²) < 4.78 is 5.58. The van der Waals surface area contributed by atoms with Crippen LogP contribution in [0.2, 0.25) is 0 Å². The molecule has 2 unspecified atom stereocenters. The Labute approximate surface area is 193 Å². The fourth-order valence-corrected chi connectivity index (χ4v) is 8.60. The third-order valence-corrected chi connectivity index (χ3v) is 9.12. The predicted molar refractivity (Wildman–Crippen MR) is 123 cm³/mol. The highest BCUT2D eigenvalue weighted by atomic mass is 79.9. The van der Waals surface area contributed by atoms with Gasteiger partial charge in [0.2, 0.25) is 11.8 Å². The highest BCUT2D eigenvalue weighted by Crippen LogP contribution is 2.64. The molecule has 5 fully saturated rings. The van der Waals surface area contributed by atoms with E-state index in [-0.39, 0.29) is 27.6 Å². The first-order chi connectivity index (χ1) is 14.9. The molecule has 4 bridgehead atoms. The lowest BCUT2D eigenvalue weighted by Crippen LogP contribution is -2.60. The smallest absolute Gasteiger partial charge is 0.227 e. The molecule has 6 heteroatoms. The molecular weight excluding hydrogens is 456 g/mol. The number of likely N-dealkylation sites (tertiary alicyclic amines) is 1. The van der Waals surface area contributed by atoms with Crippen molar-refractivity contribution in [3.05, 3.63) is 29.8 Å². The van der Waals surface area contributed by atoms with E-state index in [0.717, 1.165) is 43.4 Å². The standard InChI is InChI=1S/C25H33BrN2O3/c1-31-21-5-3-2-4-19(21)11-22(29)28-8-6-20(7-9-28)27-23(30)24-12-17-10-18(13-24)15-25(26,14-17)16-24/h2-5,17-18,20H,6-16H2,1H3,(H,27,30). The van der Waals surface area contributed by atoms with E-state index in [1.165, 1.54) is 19.3 Å². The van der Waals surface area contributed by atoms with Crippen LogP contribution in [0.25, 0.3) is 0 Å². The molecule has 1 aromatic carbocycles. The van der Waals surface area contributed by atoms with Gasteiger partial charge >= 0.3 is 0 Å². The largest absolute Gasteiger partial charge is 0.496 e. The molecule has 2 amide bonds. The molecule has 31 heavy (non-hydrogen) atoms. The maximum Gasteiger partial charge on any atom is 0.227 e. The Balaban J connectivity index is 1.15. The van der Waals surface area contributed by atoms with Crippen LogP contribution in [-0.2, 0) is 16.0 Å². The van der Waals surface area contributed by atoms with Crippen molar-refractivity contribution in [2.75, 3.05) is 20.2 Å². The summed E-state index contributed by atoms with van der Waals surface area (Å²) in [4.78, 5) is 28.2. The second kappa shape index (κ2) is 8.09. The van der Waals surface area contributed by atoms with Gasteiger partial charge in [0, 0.05) is 29.0 Å². The van der Waals surface area contributed by atoms with Crippen LogP contribution in [0.3, 0.4) is 0 Å². The predicted octanol–water partition coefficient (Wildman–Crippen LogP) is 4.08. The summed E-state index contributed by atoms with van der Waals surface area (Å²) in [5.41, 5.74) is 0.764. The molecule has 1 aliphatic heterocycles. The number of halogens is 1. The van der Waals surface area contributed by atoms with Crippen molar-refractivity contribution in [3.8, 4) is 5.75 Å². The lowest BCUT2D eigenvalue weighted by molar-refractivity contribution is -0.145. The molecule has 4 saturated carbocycles. The van der Waals surface area contributed by atoms with E-state index in [1.54, 1.807) is 7.11 Å². The zero-order chi connectivity index (χ0) is 21.6. The van der Waals surface area contributed by atoms with Crippen LogP contribution >= 0.6 is 15.9 Å². The molecule has 168 valence electrons. The number of benzene rings is 1. The van der Waals surface area contributed by atoms with Crippen LogP contribution in [0, 0.1) is 17.3 Å². The van der Waals surface area contributed by atoms with Gasteiger partial charge in [-0.1, -0.05) is 34.1 Å². The number of carbonyl (C=O) groups is 2. The third-order valence-electron chi connectivity index (χ3n) is 8.19. The first-order valence-electron chi connectivity index (χ1n) is 11.8. The average Bonchev–Trinajstić information content (AvgIpc) is 2.73. The molecule has 0 spiro atoms. The van der Waals surface area contributed by atoms with E-state index in [2.05, 4.69) is 21.2 Å². The van der Waals surface area contributed by atoms with E-state index in [0.29, 0.717) is 31.3 Å². The number of piperidine rings is 1. The number of rotatable bonds is 5. The van der Waals surface area contributed by atoms with Crippen molar-refractivity contribution in [1.29, 1.82) is 0 Å². The molecule has 1 saturated heterocycles. The number of alkyl halides is 1. The Morgan fingerprint density at radius 1 is 1.13 bits per heavy atom. The number of ether oxygens (including phenoxy) is 1. The van der Waals surface area contributed by atoms with Crippen molar-refractivity contribution >= 4 is 27.7 Å². The molecule has 1 aromatic rings. The summed E-state index contributed by atoms with van der Waals surface area (Å²) in [5.74, 6) is 2.60. The molecule has 1 N–H and O–H groups in total. The lowest BCUT2D eigenvalue weighted by Gasteiger charge is -2.59. The molecule has 0 aromatic heterocycles. The molecule has 1 heterocycles. The number of nitrogens with zero attached hydrogens (tertiary/aromatic N) is 1. The molecular formula is C25H33BrN2O3. The Hall–Kier alpha value is -1.56. The number of hydrogen-bond acceptors (Lipinski definition) is 3. The van der Waals surface area contributed by atoms with E-state index in [9.17, 15) is 9.59 Å². The highest BCUT2D eigenvalue weighted by Gasteiger charge is 2.59. The van der Waals surface area contributed by atoms with Crippen LogP contribution in [-0.4, -0.2) is 47.3 Å². The maximum absolute atomic E-state index is 13.4. The quantitative estimate of drug-likeness (QED) is 0.635. The lowest BCUT2D eigenvalue weighted by atomic mass is 9.49. The Kier molecular flexibility index (Phi) is 5.56. The second-order valence-corrected chi connectivity index (χ2v) is 12.2. The topological polar surface area (TPSA) is 58.6 Å². The third kappa shape index (κ3) is 4.12. The fraction of sp³-hybridized carbons (Fsp3) is 0.680. The van der Waals surface area contributed by atoms with Gasteiger partial charge in [0.25, 0.3) is 0 Å². The Morgan fingerprint density at radius 3 is 2.45 bits per heavy atom. The summed E-state index contributed by atoms with van der Waals surface area (Å²) in [7, 11) is 1.64. The van der Waals surface area contributed by atoms with Crippen molar-refractivity contribution < 1.29 is 14.3 Å². The highest BCUT2D eigenvalue weighted by molar-refractivity contribution is 9.10. The summed E-state index contributed by atoms with van der Waals surface area (Å²) in [6, 6.07) is 7.89. The minimum Gasteiger partial charge on any atom is -0.496 e. The number of para-hydroxylation sites is 1. The minimum atomic E-state index is -0.162. The number of hydrogen-bond donors (Lipinski definition) is 1. The van der Waals surface area contributed by atoms with Gasteiger partial charge in [-0.15, -0.1) is 0 Å². The minimum absolute atomic E-state index is 0.136. The van der Waals surface area contributed by atoms with Crippen LogP contribution in [0.15, 0.2) is 24.3 Å². The molecule has 0 radical (unpaired) electrons. The van der Waals surface area contributed by atoms with Crippen molar-refractivity contribution in [2.24, 2.45) is 17.3 Å². The van der Waals surface area contributed by atoms with Gasteiger partial charge in [-0.25, -0.2) is 0 Å². The van der Waals surface area contributed by atoms with Crippen molar-refractivity contribution in [2.45, 2.75) is 68.2 Å². The van der Waals surface area contributed by atoms with E-state index in [1.807, 2.05) is 29.2 Å². The Bertz CT molecular complexity index is 850. The maximum atomic E-state index is 13.4. The fourth-order valence-electron chi connectivity index (χ4n) is 7.15. The molecule has 5 nitrogen and oxygen atoms in total. The van der Waals surface area contributed by atoms with Gasteiger partial charge in [0.1, 0.15) is 5.75 Å². The molecule has 5 aliphatic rings. The van der Waals surface area contributed by atoms with Gasteiger partial charge in [-0.05, 0) is 69.3 Å². The van der Waals surface area contributed by atoms with Gasteiger partial charge in [-0.2, -0.15) is 0 Å². The number of amides is 2. The first kappa shape index (κ1) is 21.3. The van der Waals surface area contributed by atoms with Crippen LogP contribution in [0.1, 0.15) is 56.9 Å². The zero-order valence-electron chi connectivity index (χ0n) is 18.4. The molecule has 4 aliphatic carbocycles. The summed E-state index contributed by atoms with van der Waals surface area (Å²) in [5, 5.41) is 3.40. The summed E-state index contributed by atoms with van der Waals surface area (Å²) in [6.45, 7) is 1.42. The normalized spacial score (nSPS) is 34.6. The summed E-state index contributed by atoms with van der Waals surface area (Å²) >= 11 is 4.01. The van der Waals surface area contributed by atoms with Gasteiger partial charge in [0.05, 0.1) is 18.9 Å².